The van der Waals surface area contributed by atoms with Crippen LogP contribution < -0.4 is 5.32 Å². The Morgan fingerprint density at radius 1 is 1.29 bits per heavy atom. The third-order valence-corrected chi connectivity index (χ3v) is 6.68. The molecule has 0 saturated heterocycles. The molecule has 31 heavy (non-hydrogen) atoms. The summed E-state index contributed by atoms with van der Waals surface area (Å²) in [5.74, 6) is -0.885. The number of rotatable bonds is 7. The summed E-state index contributed by atoms with van der Waals surface area (Å²) in [6, 6.07) is 0. The molecule has 0 unspecified atom stereocenters. The molecule has 170 valence electrons. The van der Waals surface area contributed by atoms with Crippen LogP contribution in [0, 0.1) is 6.92 Å². The number of hydrogen-bond donors (Lipinski definition) is 1. The van der Waals surface area contributed by atoms with Gasteiger partial charge in [0.05, 0.1) is 29.4 Å². The first kappa shape index (κ1) is 23.6. The number of halogens is 4. The van der Waals surface area contributed by atoms with Crippen molar-refractivity contribution >= 4 is 39.8 Å². The minimum atomic E-state index is -4.67. The Hall–Kier alpha value is -2.07. The van der Waals surface area contributed by atoms with E-state index >= 15 is 0 Å². The molecule has 0 fully saturated rings. The lowest BCUT2D eigenvalue weighted by Gasteiger charge is -2.12. The van der Waals surface area contributed by atoms with Gasteiger partial charge in [0.25, 0.3) is 0 Å². The number of nitrogens with zero attached hydrogens (tertiary/aromatic N) is 2. The van der Waals surface area contributed by atoms with E-state index in [1.807, 2.05) is 6.92 Å². The van der Waals surface area contributed by atoms with Crippen LogP contribution in [0.2, 0.25) is 5.02 Å². The quantitative estimate of drug-likeness (QED) is 0.542. The molecule has 3 rings (SSSR count). The molecule has 2 heterocycles. The molecule has 1 aliphatic rings. The van der Waals surface area contributed by atoms with Crippen LogP contribution in [0.4, 0.5) is 18.2 Å². The Balaban J connectivity index is 1.74. The van der Waals surface area contributed by atoms with Gasteiger partial charge in [-0.25, -0.2) is 4.79 Å². The maximum atomic E-state index is 13.0. The fourth-order valence-corrected chi connectivity index (χ4v) is 4.99. The molecule has 0 saturated carbocycles. The molecule has 0 spiro atoms. The van der Waals surface area contributed by atoms with E-state index in [9.17, 15) is 22.8 Å². The number of hydrogen-bond acceptors (Lipinski definition) is 5. The minimum Gasteiger partial charge on any atom is -0.462 e. The van der Waals surface area contributed by atoms with E-state index in [-0.39, 0.29) is 25.3 Å². The summed E-state index contributed by atoms with van der Waals surface area (Å²) in [5, 5.41) is 6.21. The van der Waals surface area contributed by atoms with Gasteiger partial charge in [-0.05, 0) is 44.6 Å². The van der Waals surface area contributed by atoms with Gasteiger partial charge in [-0.15, -0.1) is 11.3 Å². The van der Waals surface area contributed by atoms with Gasteiger partial charge < -0.3 is 10.1 Å². The molecule has 6 nitrogen and oxygen atoms in total. The van der Waals surface area contributed by atoms with Gasteiger partial charge in [-0.1, -0.05) is 18.5 Å². The highest BCUT2D eigenvalue weighted by atomic mass is 35.5. The molecule has 0 aliphatic heterocycles. The van der Waals surface area contributed by atoms with Crippen molar-refractivity contribution in [3.63, 3.8) is 0 Å². The van der Waals surface area contributed by atoms with Gasteiger partial charge in [0.2, 0.25) is 5.91 Å². The van der Waals surface area contributed by atoms with Gasteiger partial charge in [-0.2, -0.15) is 18.3 Å². The van der Waals surface area contributed by atoms with E-state index in [1.165, 1.54) is 18.3 Å². The lowest BCUT2D eigenvalue weighted by molar-refractivity contribution is -0.141. The topological polar surface area (TPSA) is 73.2 Å². The van der Waals surface area contributed by atoms with E-state index in [4.69, 9.17) is 16.3 Å². The second-order valence-electron chi connectivity index (χ2n) is 7.32. The third-order valence-electron chi connectivity index (χ3n) is 5.02. The van der Waals surface area contributed by atoms with Crippen LogP contribution in [0.1, 0.15) is 64.8 Å². The van der Waals surface area contributed by atoms with Crippen molar-refractivity contribution in [1.82, 2.24) is 9.78 Å². The van der Waals surface area contributed by atoms with Crippen LogP contribution in [0.3, 0.4) is 0 Å². The van der Waals surface area contributed by atoms with Crippen molar-refractivity contribution in [3.8, 4) is 0 Å². The number of ether oxygens (including phenoxy) is 1. The maximum Gasteiger partial charge on any atom is 0.436 e. The minimum absolute atomic E-state index is 0.0752. The number of anilines is 1. The molecule has 2 aromatic heterocycles. The number of alkyl halides is 3. The average molecular weight is 478 g/mol. The second-order valence-corrected chi connectivity index (χ2v) is 8.80. The molecular weight excluding hydrogens is 455 g/mol. The summed E-state index contributed by atoms with van der Waals surface area (Å²) < 4.78 is 45.3. The third kappa shape index (κ3) is 5.23. The first-order chi connectivity index (χ1) is 14.6. The van der Waals surface area contributed by atoms with Gasteiger partial charge in [0, 0.05) is 11.3 Å². The Kier molecular flexibility index (Phi) is 7.31. The van der Waals surface area contributed by atoms with E-state index in [0.717, 1.165) is 40.8 Å². The molecule has 1 amide bonds. The van der Waals surface area contributed by atoms with E-state index < -0.39 is 28.8 Å². The highest BCUT2D eigenvalue weighted by Crippen LogP contribution is 2.39. The summed E-state index contributed by atoms with van der Waals surface area (Å²) in [6.07, 6.45) is -0.525. The van der Waals surface area contributed by atoms with Crippen LogP contribution >= 0.6 is 22.9 Å². The normalized spacial score (nSPS) is 13.7. The van der Waals surface area contributed by atoms with Crippen molar-refractivity contribution in [1.29, 1.82) is 0 Å². The molecule has 2 aromatic rings. The number of carbonyl (C=O) groups is 2. The first-order valence-electron chi connectivity index (χ1n) is 10.0. The maximum absolute atomic E-state index is 13.0. The molecular formula is C20H23ClF3N3O3S. The Morgan fingerprint density at radius 2 is 2.00 bits per heavy atom. The number of esters is 1. The summed E-state index contributed by atoms with van der Waals surface area (Å²) in [6.45, 7) is 3.52. The van der Waals surface area contributed by atoms with Crippen LogP contribution in [0.15, 0.2) is 0 Å². The van der Waals surface area contributed by atoms with Gasteiger partial charge in [0.15, 0.2) is 5.69 Å². The Labute approximate surface area is 186 Å². The highest BCUT2D eigenvalue weighted by Gasteiger charge is 2.38. The largest absolute Gasteiger partial charge is 0.462 e. The zero-order valence-electron chi connectivity index (χ0n) is 17.2. The number of amides is 1. The number of nitrogens with one attached hydrogen (secondary N) is 1. The number of fused-ring (bicyclic) bond motifs is 1. The number of thiophene rings is 1. The van der Waals surface area contributed by atoms with Gasteiger partial charge in [-0.3, -0.25) is 9.48 Å². The standard InChI is InChI=1S/C20H23ClF3N3O3S/c1-3-10-30-19(29)15-12-6-4-5-7-13(12)31-18(15)25-14(28)8-9-27-11(2)16(21)17(26-27)20(22,23)24/h3-10H2,1-2H3,(H,25,28). The molecule has 11 heteroatoms. The zero-order valence-corrected chi connectivity index (χ0v) is 18.8. The van der Waals surface area contributed by atoms with Crippen molar-refractivity contribution in [2.24, 2.45) is 0 Å². The predicted molar refractivity (Wildman–Crippen MR) is 112 cm³/mol. The van der Waals surface area contributed by atoms with Crippen LogP contribution in [-0.2, 0) is 35.1 Å². The second kappa shape index (κ2) is 9.60. The molecule has 0 radical (unpaired) electrons. The number of aryl methyl sites for hydroxylation is 2. The Bertz CT molecular complexity index is 985. The molecule has 0 bridgehead atoms. The summed E-state index contributed by atoms with van der Waals surface area (Å²) in [7, 11) is 0. The lowest BCUT2D eigenvalue weighted by Crippen LogP contribution is -2.18. The molecule has 1 N–H and O–H groups in total. The molecule has 0 atom stereocenters. The SMILES string of the molecule is CCCOC(=O)c1c(NC(=O)CCn2nc(C(F)(F)F)c(Cl)c2C)sc2c1CCCC2. The van der Waals surface area contributed by atoms with E-state index in [1.54, 1.807) is 0 Å². The molecule has 0 aromatic carbocycles. The fraction of sp³-hybridized carbons (Fsp3) is 0.550. The number of carbonyl (C=O) groups excluding carboxylic acids is 2. The van der Waals surface area contributed by atoms with Crippen molar-refractivity contribution < 1.29 is 27.5 Å². The zero-order chi connectivity index (χ0) is 22.8. The van der Waals surface area contributed by atoms with Crippen molar-refractivity contribution in [2.45, 2.75) is 65.1 Å². The van der Waals surface area contributed by atoms with Gasteiger partial charge in [0.1, 0.15) is 5.00 Å². The highest BCUT2D eigenvalue weighted by molar-refractivity contribution is 7.17. The monoisotopic (exact) mass is 477 g/mol. The number of aromatic nitrogens is 2. The van der Waals surface area contributed by atoms with Gasteiger partial charge >= 0.3 is 12.1 Å². The van der Waals surface area contributed by atoms with Crippen LogP contribution in [0.5, 0.6) is 0 Å². The lowest BCUT2D eigenvalue weighted by atomic mass is 9.95. The smallest absolute Gasteiger partial charge is 0.436 e. The van der Waals surface area contributed by atoms with E-state index in [2.05, 4.69) is 10.4 Å². The van der Waals surface area contributed by atoms with Crippen LogP contribution in [0.25, 0.3) is 0 Å². The fourth-order valence-electron chi connectivity index (χ4n) is 3.46. The average Bonchev–Trinajstić information content (AvgIpc) is 3.21. The Morgan fingerprint density at radius 3 is 2.65 bits per heavy atom. The summed E-state index contributed by atoms with van der Waals surface area (Å²) in [5.41, 5.74) is 0.299. The van der Waals surface area contributed by atoms with E-state index in [0.29, 0.717) is 17.0 Å². The van der Waals surface area contributed by atoms with Crippen molar-refractivity contribution in [2.75, 3.05) is 11.9 Å². The molecule has 1 aliphatic carbocycles. The summed E-state index contributed by atoms with van der Waals surface area (Å²) in [4.78, 5) is 26.2. The van der Waals surface area contributed by atoms with Crippen LogP contribution in [-0.4, -0.2) is 28.3 Å². The summed E-state index contributed by atoms with van der Waals surface area (Å²) >= 11 is 7.11. The predicted octanol–water partition coefficient (Wildman–Crippen LogP) is 5.40. The van der Waals surface area contributed by atoms with Crippen molar-refractivity contribution in [3.05, 3.63) is 32.4 Å². The first-order valence-corrected chi connectivity index (χ1v) is 11.2.